The number of benzene rings is 2. The van der Waals surface area contributed by atoms with Gasteiger partial charge in [-0.1, -0.05) is 63.7 Å². The maximum absolute atomic E-state index is 5.99. The van der Waals surface area contributed by atoms with Gasteiger partial charge in [-0.15, -0.1) is 0 Å². The van der Waals surface area contributed by atoms with Gasteiger partial charge in [0.1, 0.15) is 26.4 Å². The molecule has 0 aromatic heterocycles. The van der Waals surface area contributed by atoms with E-state index in [0.717, 1.165) is 43.6 Å². The van der Waals surface area contributed by atoms with Gasteiger partial charge in [-0.05, 0) is 46.5 Å². The van der Waals surface area contributed by atoms with Crippen molar-refractivity contribution in [2.24, 2.45) is 0 Å². The Morgan fingerprint density at radius 3 is 0.853 bits per heavy atom. The van der Waals surface area contributed by atoms with Gasteiger partial charge in [0, 0.05) is 21.3 Å². The zero-order valence-corrected chi connectivity index (χ0v) is 25.1. The lowest BCUT2D eigenvalue weighted by Gasteiger charge is -2.18. The zero-order valence-electron chi connectivity index (χ0n) is 18.8. The second kappa shape index (κ2) is 15.6. The molecule has 6 nitrogen and oxygen atoms in total. The van der Waals surface area contributed by atoms with Crippen LogP contribution < -0.4 is 18.9 Å². The summed E-state index contributed by atoms with van der Waals surface area (Å²) >= 11 is 14.2. The number of alkyl halides is 4. The molecule has 2 aromatic carbocycles. The molecule has 188 valence electrons. The highest BCUT2D eigenvalue weighted by atomic mass is 79.9. The molecule has 2 aromatic rings. The molecule has 0 fully saturated rings. The minimum absolute atomic E-state index is 0.407. The summed E-state index contributed by atoms with van der Waals surface area (Å²) in [5.41, 5.74) is 4.59. The first-order chi connectivity index (χ1) is 16.7. The summed E-state index contributed by atoms with van der Waals surface area (Å²) in [7, 11) is 0. The first-order valence-electron chi connectivity index (χ1n) is 10.9. The van der Waals surface area contributed by atoms with E-state index in [9.17, 15) is 0 Å². The van der Waals surface area contributed by atoms with Crippen molar-refractivity contribution in [3.8, 4) is 23.0 Å². The summed E-state index contributed by atoms with van der Waals surface area (Å²) in [6, 6.07) is 8.04. The molecular formula is C24H28Br4O6. The van der Waals surface area contributed by atoms with Gasteiger partial charge in [0.25, 0.3) is 0 Å². The van der Waals surface area contributed by atoms with Gasteiger partial charge in [0.05, 0.1) is 26.4 Å². The van der Waals surface area contributed by atoms with Crippen LogP contribution in [0.2, 0.25) is 0 Å². The number of rotatable bonds is 4. The van der Waals surface area contributed by atoms with E-state index < -0.39 is 0 Å². The largest absolute Gasteiger partial charge is 0.487 e. The van der Waals surface area contributed by atoms with E-state index in [1.165, 1.54) is 0 Å². The van der Waals surface area contributed by atoms with Crippen molar-refractivity contribution < 1.29 is 28.4 Å². The molecule has 0 N–H and O–H groups in total. The minimum Gasteiger partial charge on any atom is -0.487 e. The highest BCUT2D eigenvalue weighted by Crippen LogP contribution is 2.34. The Morgan fingerprint density at radius 1 is 0.412 bits per heavy atom. The highest BCUT2D eigenvalue weighted by Gasteiger charge is 2.14. The predicted octanol–water partition coefficient (Wildman–Crippen LogP) is 6.53. The summed E-state index contributed by atoms with van der Waals surface area (Å²) in [5.74, 6) is 2.79. The Kier molecular flexibility index (Phi) is 12.8. The third-order valence-electron chi connectivity index (χ3n) is 5.05. The Bertz CT molecular complexity index is 768. The lowest BCUT2D eigenvalue weighted by atomic mass is 10.1. The number of halogens is 4. The first kappa shape index (κ1) is 28.1. The van der Waals surface area contributed by atoms with Crippen LogP contribution in [0.5, 0.6) is 23.0 Å². The second-order valence-electron chi connectivity index (χ2n) is 7.29. The molecule has 0 amide bonds. The maximum atomic E-state index is 5.99. The Morgan fingerprint density at radius 2 is 0.647 bits per heavy atom. The Labute approximate surface area is 234 Å². The highest BCUT2D eigenvalue weighted by molar-refractivity contribution is 9.09. The third kappa shape index (κ3) is 8.27. The molecule has 34 heavy (non-hydrogen) atoms. The molecule has 1 heterocycles. The van der Waals surface area contributed by atoms with E-state index >= 15 is 0 Å². The SMILES string of the molecule is BrCc1cc2c(cc1CBr)OCCOCCOc1cc(CBr)c(CBr)cc1OCCOCCO2. The predicted molar refractivity (Wildman–Crippen MR) is 147 cm³/mol. The van der Waals surface area contributed by atoms with Crippen molar-refractivity contribution in [1.82, 2.24) is 0 Å². The van der Waals surface area contributed by atoms with Crippen molar-refractivity contribution in [3.05, 3.63) is 46.5 Å². The van der Waals surface area contributed by atoms with Crippen LogP contribution in [0, 0.1) is 0 Å². The minimum atomic E-state index is 0.407. The Hall–Kier alpha value is -0.520. The van der Waals surface area contributed by atoms with E-state index in [1.807, 2.05) is 24.3 Å². The van der Waals surface area contributed by atoms with E-state index in [-0.39, 0.29) is 0 Å². The summed E-state index contributed by atoms with van der Waals surface area (Å²) in [5, 5.41) is 2.93. The normalized spacial score (nSPS) is 15.9. The van der Waals surface area contributed by atoms with Crippen molar-refractivity contribution in [2.75, 3.05) is 52.9 Å². The van der Waals surface area contributed by atoms with Gasteiger partial charge in [-0.25, -0.2) is 0 Å². The summed E-state index contributed by atoms with van der Waals surface area (Å²) in [4.78, 5) is 0. The van der Waals surface area contributed by atoms with Crippen LogP contribution in [0.3, 0.4) is 0 Å². The molecule has 0 unspecified atom stereocenters. The van der Waals surface area contributed by atoms with Gasteiger partial charge < -0.3 is 28.4 Å². The molecular weight excluding hydrogens is 704 g/mol. The molecule has 1 aliphatic rings. The van der Waals surface area contributed by atoms with E-state index in [2.05, 4.69) is 63.7 Å². The van der Waals surface area contributed by atoms with Crippen LogP contribution in [-0.4, -0.2) is 52.9 Å². The molecule has 0 bridgehead atoms. The lowest BCUT2D eigenvalue weighted by Crippen LogP contribution is -2.16. The van der Waals surface area contributed by atoms with Crippen LogP contribution in [0.25, 0.3) is 0 Å². The van der Waals surface area contributed by atoms with E-state index in [0.29, 0.717) is 75.9 Å². The fraction of sp³-hybridized carbons (Fsp3) is 0.500. The molecule has 1 aliphatic heterocycles. The van der Waals surface area contributed by atoms with Crippen LogP contribution in [0.15, 0.2) is 24.3 Å². The molecule has 0 aliphatic carbocycles. The molecule has 0 saturated carbocycles. The quantitative estimate of drug-likeness (QED) is 0.334. The van der Waals surface area contributed by atoms with Crippen LogP contribution in [-0.2, 0) is 30.8 Å². The van der Waals surface area contributed by atoms with Crippen molar-refractivity contribution in [1.29, 1.82) is 0 Å². The van der Waals surface area contributed by atoms with Gasteiger partial charge in [0.15, 0.2) is 23.0 Å². The van der Waals surface area contributed by atoms with Crippen LogP contribution in [0.4, 0.5) is 0 Å². The first-order valence-corrected chi connectivity index (χ1v) is 15.4. The van der Waals surface area contributed by atoms with Crippen molar-refractivity contribution in [3.63, 3.8) is 0 Å². The number of fused-ring (bicyclic) bond motifs is 2. The third-order valence-corrected chi connectivity index (χ3v) is 7.47. The number of hydrogen-bond acceptors (Lipinski definition) is 6. The number of hydrogen-bond donors (Lipinski definition) is 0. The summed E-state index contributed by atoms with van der Waals surface area (Å²) in [6.07, 6.45) is 0. The van der Waals surface area contributed by atoms with E-state index in [4.69, 9.17) is 28.4 Å². The van der Waals surface area contributed by atoms with Crippen molar-refractivity contribution >= 4 is 63.7 Å². The lowest BCUT2D eigenvalue weighted by molar-refractivity contribution is 0.0639. The number of ether oxygens (including phenoxy) is 6. The maximum Gasteiger partial charge on any atom is 0.161 e. The van der Waals surface area contributed by atoms with Gasteiger partial charge in [0.2, 0.25) is 0 Å². The molecule has 0 saturated heterocycles. The zero-order chi connectivity index (χ0) is 24.2. The average molecular weight is 732 g/mol. The fourth-order valence-corrected chi connectivity index (χ4v) is 5.37. The smallest absolute Gasteiger partial charge is 0.161 e. The topological polar surface area (TPSA) is 55.4 Å². The molecule has 3 rings (SSSR count). The van der Waals surface area contributed by atoms with Crippen LogP contribution in [0.1, 0.15) is 22.3 Å². The monoisotopic (exact) mass is 728 g/mol. The van der Waals surface area contributed by atoms with E-state index in [1.54, 1.807) is 0 Å². The second-order valence-corrected chi connectivity index (χ2v) is 9.53. The average Bonchev–Trinajstić information content (AvgIpc) is 2.87. The Balaban J connectivity index is 1.68. The van der Waals surface area contributed by atoms with Gasteiger partial charge in [-0.2, -0.15) is 0 Å². The molecule has 0 spiro atoms. The fourth-order valence-electron chi connectivity index (χ4n) is 3.28. The van der Waals surface area contributed by atoms with Crippen LogP contribution >= 0.6 is 63.7 Å². The molecule has 0 atom stereocenters. The molecule has 0 radical (unpaired) electrons. The standard InChI is InChI=1S/C24H28Br4O6/c25-13-17-9-21-22(10-18(17)14-26)33-7-3-30-4-8-34-24-12-20(16-28)19(15-27)11-23(24)32-6-2-29-1-5-31-21/h9-12H,1-8,13-16H2. The van der Waals surface area contributed by atoms with Gasteiger partial charge in [-0.3, -0.25) is 0 Å². The molecule has 10 heteroatoms. The summed E-state index contributed by atoms with van der Waals surface area (Å²) in [6.45, 7) is 3.38. The summed E-state index contributed by atoms with van der Waals surface area (Å²) < 4.78 is 35.4. The van der Waals surface area contributed by atoms with Gasteiger partial charge >= 0.3 is 0 Å². The van der Waals surface area contributed by atoms with Crippen molar-refractivity contribution in [2.45, 2.75) is 21.3 Å².